The summed E-state index contributed by atoms with van der Waals surface area (Å²) < 4.78 is 0. The summed E-state index contributed by atoms with van der Waals surface area (Å²) in [6.45, 7) is 2.80. The Balaban J connectivity index is 1.59. The number of alkyl halides is 1. The van der Waals surface area contributed by atoms with Crippen LogP contribution in [0.5, 0.6) is 0 Å². The third-order valence-electron chi connectivity index (χ3n) is 4.74. The smallest absolute Gasteiger partial charge is 0.0100 e. The Bertz CT molecular complexity index is 239. The predicted octanol–water partition coefficient (Wildman–Crippen LogP) is 3.82. The highest BCUT2D eigenvalue weighted by Crippen LogP contribution is 2.43. The van der Waals surface area contributed by atoms with Crippen LogP contribution in [0, 0.1) is 11.3 Å². The van der Waals surface area contributed by atoms with Gasteiger partial charge in [-0.1, -0.05) is 28.8 Å². The molecule has 3 rings (SSSR count). The fourth-order valence-corrected chi connectivity index (χ4v) is 4.04. The van der Waals surface area contributed by atoms with Crippen LogP contribution in [0.3, 0.4) is 0 Å². The van der Waals surface area contributed by atoms with Gasteiger partial charge in [0.2, 0.25) is 0 Å². The van der Waals surface area contributed by atoms with Gasteiger partial charge in [-0.3, -0.25) is 4.90 Å². The van der Waals surface area contributed by atoms with Gasteiger partial charge in [-0.15, -0.1) is 0 Å². The standard InChI is InChI=1S/C14H24BrN/c15-10-14(7-1-2-8-14)11-16(13-5-6-13)9-12-3-4-12/h12-13H,1-11H2. The van der Waals surface area contributed by atoms with Crippen molar-refractivity contribution < 1.29 is 0 Å². The molecule has 0 aromatic rings. The fourth-order valence-electron chi connectivity index (χ4n) is 3.30. The molecule has 0 heterocycles. The van der Waals surface area contributed by atoms with Crippen molar-refractivity contribution in [3.05, 3.63) is 0 Å². The first-order chi connectivity index (χ1) is 7.81. The molecular formula is C14H24BrN. The highest BCUT2D eigenvalue weighted by molar-refractivity contribution is 9.09. The Morgan fingerprint density at radius 1 is 1.06 bits per heavy atom. The van der Waals surface area contributed by atoms with E-state index in [0.717, 1.165) is 12.0 Å². The van der Waals surface area contributed by atoms with Crippen LogP contribution in [-0.2, 0) is 0 Å². The SMILES string of the molecule is BrCC1(CN(CC2CC2)C2CC2)CCCC1. The van der Waals surface area contributed by atoms with Crippen molar-refractivity contribution in [2.45, 2.75) is 57.4 Å². The molecule has 0 bridgehead atoms. The lowest BCUT2D eigenvalue weighted by molar-refractivity contribution is 0.158. The molecule has 3 aliphatic rings. The zero-order chi connectivity index (χ0) is 11.0. The lowest BCUT2D eigenvalue weighted by Gasteiger charge is -2.34. The molecule has 0 amide bonds. The summed E-state index contributed by atoms with van der Waals surface area (Å²) in [5, 5.41) is 1.23. The molecule has 3 aliphatic carbocycles. The maximum absolute atomic E-state index is 3.79. The summed E-state index contributed by atoms with van der Waals surface area (Å²) in [5.41, 5.74) is 0.636. The number of halogens is 1. The van der Waals surface area contributed by atoms with Crippen LogP contribution in [0.2, 0.25) is 0 Å². The van der Waals surface area contributed by atoms with E-state index in [2.05, 4.69) is 20.8 Å². The average Bonchev–Trinajstić information content (AvgIpc) is 3.19. The van der Waals surface area contributed by atoms with E-state index >= 15 is 0 Å². The van der Waals surface area contributed by atoms with Gasteiger partial charge in [0.05, 0.1) is 0 Å². The maximum atomic E-state index is 3.79. The van der Waals surface area contributed by atoms with Crippen molar-refractivity contribution in [3.8, 4) is 0 Å². The van der Waals surface area contributed by atoms with Gasteiger partial charge in [0.1, 0.15) is 0 Å². The van der Waals surface area contributed by atoms with Crippen LogP contribution in [0.1, 0.15) is 51.4 Å². The largest absolute Gasteiger partial charge is 0.300 e. The van der Waals surface area contributed by atoms with Crippen molar-refractivity contribution in [2.75, 3.05) is 18.4 Å². The molecule has 2 heteroatoms. The molecular weight excluding hydrogens is 262 g/mol. The van der Waals surface area contributed by atoms with E-state index in [-0.39, 0.29) is 0 Å². The Labute approximate surface area is 108 Å². The lowest BCUT2D eigenvalue weighted by atomic mass is 9.88. The van der Waals surface area contributed by atoms with E-state index in [1.807, 2.05) is 0 Å². The molecule has 0 spiro atoms. The van der Waals surface area contributed by atoms with Crippen molar-refractivity contribution in [3.63, 3.8) is 0 Å². The van der Waals surface area contributed by atoms with Gasteiger partial charge >= 0.3 is 0 Å². The lowest BCUT2D eigenvalue weighted by Crippen LogP contribution is -2.39. The monoisotopic (exact) mass is 285 g/mol. The molecule has 92 valence electrons. The highest BCUT2D eigenvalue weighted by Gasteiger charge is 2.40. The maximum Gasteiger partial charge on any atom is 0.0100 e. The molecule has 0 atom stereocenters. The van der Waals surface area contributed by atoms with Crippen molar-refractivity contribution in [1.82, 2.24) is 4.90 Å². The Kier molecular flexibility index (Phi) is 3.32. The van der Waals surface area contributed by atoms with Crippen molar-refractivity contribution in [1.29, 1.82) is 0 Å². The Morgan fingerprint density at radius 3 is 2.25 bits per heavy atom. The van der Waals surface area contributed by atoms with E-state index in [4.69, 9.17) is 0 Å². The van der Waals surface area contributed by atoms with Gasteiger partial charge in [-0.2, -0.15) is 0 Å². The summed E-state index contributed by atoms with van der Waals surface area (Å²) in [5.74, 6) is 1.06. The first kappa shape index (κ1) is 11.5. The minimum absolute atomic E-state index is 0.636. The number of hydrogen-bond acceptors (Lipinski definition) is 1. The zero-order valence-corrected chi connectivity index (χ0v) is 11.8. The van der Waals surface area contributed by atoms with E-state index in [1.54, 1.807) is 0 Å². The van der Waals surface area contributed by atoms with Gasteiger partial charge in [-0.05, 0) is 49.9 Å². The normalized spacial score (nSPS) is 28.9. The summed E-state index contributed by atoms with van der Waals surface area (Å²) in [7, 11) is 0. The first-order valence-electron chi connectivity index (χ1n) is 7.11. The summed E-state index contributed by atoms with van der Waals surface area (Å²) in [6.07, 6.45) is 11.8. The number of nitrogens with zero attached hydrogens (tertiary/aromatic N) is 1. The molecule has 0 radical (unpaired) electrons. The average molecular weight is 286 g/mol. The summed E-state index contributed by atoms with van der Waals surface area (Å²) >= 11 is 3.79. The third kappa shape index (κ3) is 2.64. The van der Waals surface area contributed by atoms with E-state index in [1.165, 1.54) is 69.8 Å². The van der Waals surface area contributed by atoms with Crippen LogP contribution < -0.4 is 0 Å². The molecule has 0 aromatic carbocycles. The Hall–Kier alpha value is 0.440. The third-order valence-corrected chi connectivity index (χ3v) is 5.93. The molecule has 16 heavy (non-hydrogen) atoms. The summed E-state index contributed by atoms with van der Waals surface area (Å²) in [4.78, 5) is 2.85. The van der Waals surface area contributed by atoms with E-state index in [0.29, 0.717) is 5.41 Å². The molecule has 0 unspecified atom stereocenters. The van der Waals surface area contributed by atoms with Crippen LogP contribution in [0.15, 0.2) is 0 Å². The van der Waals surface area contributed by atoms with E-state index in [9.17, 15) is 0 Å². The van der Waals surface area contributed by atoms with Crippen LogP contribution in [0.4, 0.5) is 0 Å². The first-order valence-corrected chi connectivity index (χ1v) is 8.23. The Morgan fingerprint density at radius 2 is 1.75 bits per heavy atom. The molecule has 0 N–H and O–H groups in total. The van der Waals surface area contributed by atoms with Crippen molar-refractivity contribution in [2.24, 2.45) is 11.3 Å². The molecule has 1 nitrogen and oxygen atoms in total. The van der Waals surface area contributed by atoms with Gasteiger partial charge in [-0.25, -0.2) is 0 Å². The number of hydrogen-bond donors (Lipinski definition) is 0. The minimum atomic E-state index is 0.636. The van der Waals surface area contributed by atoms with Gasteiger partial charge in [0.15, 0.2) is 0 Å². The molecule has 0 saturated heterocycles. The summed E-state index contributed by atoms with van der Waals surface area (Å²) in [6, 6.07) is 0.970. The van der Waals surface area contributed by atoms with Crippen LogP contribution in [0.25, 0.3) is 0 Å². The number of rotatable bonds is 6. The predicted molar refractivity (Wildman–Crippen MR) is 72.0 cm³/mol. The molecule has 0 aromatic heterocycles. The second-order valence-corrected chi connectivity index (χ2v) is 7.01. The second-order valence-electron chi connectivity index (χ2n) is 6.44. The molecule has 0 aliphatic heterocycles. The van der Waals surface area contributed by atoms with Crippen LogP contribution in [-0.4, -0.2) is 29.4 Å². The topological polar surface area (TPSA) is 3.24 Å². The quantitative estimate of drug-likeness (QED) is 0.671. The molecule has 3 saturated carbocycles. The van der Waals surface area contributed by atoms with Crippen molar-refractivity contribution >= 4 is 15.9 Å². The molecule has 3 fully saturated rings. The zero-order valence-electron chi connectivity index (χ0n) is 10.3. The van der Waals surface area contributed by atoms with Gasteiger partial charge in [0, 0.05) is 24.5 Å². The van der Waals surface area contributed by atoms with Crippen LogP contribution >= 0.6 is 15.9 Å². The highest BCUT2D eigenvalue weighted by atomic mass is 79.9. The van der Waals surface area contributed by atoms with Gasteiger partial charge < -0.3 is 0 Å². The van der Waals surface area contributed by atoms with E-state index < -0.39 is 0 Å². The minimum Gasteiger partial charge on any atom is -0.300 e. The second kappa shape index (κ2) is 4.61. The fraction of sp³-hybridized carbons (Fsp3) is 1.00. The van der Waals surface area contributed by atoms with Gasteiger partial charge in [0.25, 0.3) is 0 Å².